The van der Waals surface area contributed by atoms with Gasteiger partial charge in [-0.3, -0.25) is 0 Å². The van der Waals surface area contributed by atoms with Gasteiger partial charge in [0.1, 0.15) is 0 Å². The fourth-order valence-corrected chi connectivity index (χ4v) is 0.955. The summed E-state index contributed by atoms with van der Waals surface area (Å²) in [5, 5.41) is 0. The van der Waals surface area contributed by atoms with Crippen LogP contribution in [0.4, 0.5) is 0 Å². The lowest BCUT2D eigenvalue weighted by Gasteiger charge is -1.89. The Morgan fingerprint density at radius 2 is 2.10 bits per heavy atom. The molecule has 1 heterocycles. The van der Waals surface area contributed by atoms with Crippen molar-refractivity contribution in [1.29, 1.82) is 0 Å². The molecule has 1 aromatic rings. The van der Waals surface area contributed by atoms with Crippen LogP contribution in [0.2, 0.25) is 0 Å². The molecule has 0 saturated carbocycles. The highest BCUT2D eigenvalue weighted by atomic mass is 14.7. The third kappa shape index (κ3) is 1.13. The van der Waals surface area contributed by atoms with E-state index >= 15 is 0 Å². The lowest BCUT2D eigenvalue weighted by atomic mass is 10.2. The number of allylic oxidation sites excluding steroid dienone is 1. The van der Waals surface area contributed by atoms with Gasteiger partial charge >= 0.3 is 0 Å². The zero-order chi connectivity index (χ0) is 7.56. The number of hydrogen-bond acceptors (Lipinski definition) is 0. The van der Waals surface area contributed by atoms with Crippen LogP contribution >= 0.6 is 0 Å². The van der Waals surface area contributed by atoms with Crippen LogP contribution in [0.1, 0.15) is 23.7 Å². The second-order valence-corrected chi connectivity index (χ2v) is 2.51. The molecule has 0 spiro atoms. The molecule has 0 amide bonds. The van der Waals surface area contributed by atoms with E-state index in [1.807, 2.05) is 19.2 Å². The van der Waals surface area contributed by atoms with Gasteiger partial charge in [-0.2, -0.15) is 0 Å². The molecule has 1 rings (SSSR count). The van der Waals surface area contributed by atoms with E-state index in [0.29, 0.717) is 0 Å². The summed E-state index contributed by atoms with van der Waals surface area (Å²) < 4.78 is 0. The van der Waals surface area contributed by atoms with Crippen LogP contribution in [0.15, 0.2) is 12.3 Å². The normalized spacial score (nSPS) is 11.1. The summed E-state index contributed by atoms with van der Waals surface area (Å²) in [4.78, 5) is 3.19. The molecule has 0 bridgehead atoms. The van der Waals surface area contributed by atoms with E-state index in [9.17, 15) is 0 Å². The largest absolute Gasteiger partial charge is 0.361 e. The number of nitrogens with one attached hydrogen (secondary N) is 1. The number of rotatable bonds is 1. The molecule has 0 saturated heterocycles. The van der Waals surface area contributed by atoms with Crippen molar-refractivity contribution in [2.24, 2.45) is 0 Å². The molecule has 0 aliphatic heterocycles. The van der Waals surface area contributed by atoms with Crippen LogP contribution < -0.4 is 0 Å². The number of hydrogen-bond donors (Lipinski definition) is 1. The zero-order valence-corrected chi connectivity index (χ0v) is 6.73. The van der Waals surface area contributed by atoms with Crippen LogP contribution in [0, 0.1) is 13.8 Å². The molecule has 1 heteroatoms. The van der Waals surface area contributed by atoms with Gasteiger partial charge in [-0.05, 0) is 38.0 Å². The van der Waals surface area contributed by atoms with Gasteiger partial charge in [0.25, 0.3) is 0 Å². The number of H-pyrrole nitrogens is 1. The van der Waals surface area contributed by atoms with E-state index in [0.717, 1.165) is 0 Å². The molecule has 0 radical (unpaired) electrons. The average molecular weight is 135 g/mol. The van der Waals surface area contributed by atoms with E-state index < -0.39 is 0 Å². The second kappa shape index (κ2) is 2.74. The first kappa shape index (κ1) is 7.13. The molecule has 0 fully saturated rings. The number of aromatic nitrogens is 1. The lowest BCUT2D eigenvalue weighted by molar-refractivity contribution is 1.34. The molecule has 0 aliphatic carbocycles. The summed E-state index contributed by atoms with van der Waals surface area (Å²) in [6.45, 7) is 6.26. The van der Waals surface area contributed by atoms with Crippen molar-refractivity contribution in [3.8, 4) is 0 Å². The van der Waals surface area contributed by atoms with Crippen LogP contribution in [-0.4, -0.2) is 4.98 Å². The molecule has 0 atom stereocenters. The highest BCUT2D eigenvalue weighted by Crippen LogP contribution is 2.12. The van der Waals surface area contributed by atoms with Crippen molar-refractivity contribution in [2.75, 3.05) is 0 Å². The SMILES string of the molecule is C/C=C\c1[nH]cc(C)c1C. The van der Waals surface area contributed by atoms with E-state index in [4.69, 9.17) is 0 Å². The van der Waals surface area contributed by atoms with E-state index in [1.165, 1.54) is 16.8 Å². The van der Waals surface area contributed by atoms with Gasteiger partial charge in [0.15, 0.2) is 0 Å². The van der Waals surface area contributed by atoms with Crippen LogP contribution in [0.25, 0.3) is 6.08 Å². The number of aryl methyl sites for hydroxylation is 1. The quantitative estimate of drug-likeness (QED) is 0.609. The maximum atomic E-state index is 3.19. The molecular weight excluding hydrogens is 122 g/mol. The fourth-order valence-electron chi connectivity index (χ4n) is 0.955. The van der Waals surface area contributed by atoms with E-state index in [1.54, 1.807) is 0 Å². The van der Waals surface area contributed by atoms with Crippen LogP contribution in [0.3, 0.4) is 0 Å². The van der Waals surface area contributed by atoms with Gasteiger partial charge in [0, 0.05) is 11.9 Å². The van der Waals surface area contributed by atoms with Crippen molar-refractivity contribution >= 4 is 6.08 Å². The Bertz CT molecular complexity index is 243. The molecule has 54 valence electrons. The third-order valence-electron chi connectivity index (χ3n) is 1.77. The second-order valence-electron chi connectivity index (χ2n) is 2.51. The maximum Gasteiger partial charge on any atom is 0.0409 e. The van der Waals surface area contributed by atoms with Crippen molar-refractivity contribution in [3.63, 3.8) is 0 Å². The Morgan fingerprint density at radius 3 is 2.50 bits per heavy atom. The molecular formula is C9H13N. The minimum atomic E-state index is 1.22. The molecule has 1 N–H and O–H groups in total. The van der Waals surface area contributed by atoms with Gasteiger partial charge in [-0.15, -0.1) is 0 Å². The van der Waals surface area contributed by atoms with Gasteiger partial charge in [-0.25, -0.2) is 0 Å². The Labute approximate surface area is 61.8 Å². The summed E-state index contributed by atoms with van der Waals surface area (Å²) in [5.74, 6) is 0. The maximum absolute atomic E-state index is 3.19. The van der Waals surface area contributed by atoms with Gasteiger partial charge in [0.05, 0.1) is 0 Å². The molecule has 0 unspecified atom stereocenters. The molecule has 0 aromatic carbocycles. The van der Waals surface area contributed by atoms with Crippen molar-refractivity contribution < 1.29 is 0 Å². The smallest absolute Gasteiger partial charge is 0.0409 e. The summed E-state index contributed by atoms with van der Waals surface area (Å²) in [6, 6.07) is 0. The van der Waals surface area contributed by atoms with Crippen LogP contribution in [0.5, 0.6) is 0 Å². The van der Waals surface area contributed by atoms with Crippen LogP contribution in [-0.2, 0) is 0 Å². The summed E-state index contributed by atoms with van der Waals surface area (Å²) in [6.07, 6.45) is 6.16. The van der Waals surface area contributed by atoms with E-state index in [-0.39, 0.29) is 0 Å². The topological polar surface area (TPSA) is 15.8 Å². The van der Waals surface area contributed by atoms with Gasteiger partial charge < -0.3 is 4.98 Å². The highest BCUT2D eigenvalue weighted by Gasteiger charge is 1.97. The van der Waals surface area contributed by atoms with Gasteiger partial charge in [0.2, 0.25) is 0 Å². The Kier molecular flexibility index (Phi) is 1.95. The first-order valence-corrected chi connectivity index (χ1v) is 3.53. The minimum Gasteiger partial charge on any atom is -0.361 e. The zero-order valence-electron chi connectivity index (χ0n) is 6.73. The highest BCUT2D eigenvalue weighted by molar-refractivity contribution is 5.51. The Morgan fingerprint density at radius 1 is 1.40 bits per heavy atom. The third-order valence-corrected chi connectivity index (χ3v) is 1.77. The predicted octanol–water partition coefficient (Wildman–Crippen LogP) is 2.66. The van der Waals surface area contributed by atoms with Crippen molar-refractivity contribution in [1.82, 2.24) is 4.98 Å². The van der Waals surface area contributed by atoms with E-state index in [2.05, 4.69) is 24.9 Å². The predicted molar refractivity (Wildman–Crippen MR) is 45.0 cm³/mol. The summed E-state index contributed by atoms with van der Waals surface area (Å²) in [7, 11) is 0. The lowest BCUT2D eigenvalue weighted by Crippen LogP contribution is -1.74. The number of aromatic amines is 1. The van der Waals surface area contributed by atoms with Crippen molar-refractivity contribution in [3.05, 3.63) is 29.1 Å². The standard InChI is InChI=1S/C9H13N/c1-4-5-9-8(3)7(2)6-10-9/h4-6,10H,1-3H3/b5-4-. The monoisotopic (exact) mass is 135 g/mol. The first-order chi connectivity index (χ1) is 4.75. The average Bonchev–Trinajstić information content (AvgIpc) is 2.20. The molecule has 0 aliphatic rings. The molecule has 10 heavy (non-hydrogen) atoms. The summed E-state index contributed by atoms with van der Waals surface area (Å²) >= 11 is 0. The van der Waals surface area contributed by atoms with Gasteiger partial charge in [-0.1, -0.05) is 6.08 Å². The first-order valence-electron chi connectivity index (χ1n) is 3.53. The molecule has 1 aromatic heterocycles. The Balaban J connectivity index is 3.05. The Hall–Kier alpha value is -0.980. The minimum absolute atomic E-state index is 1.22. The van der Waals surface area contributed by atoms with Crippen molar-refractivity contribution in [2.45, 2.75) is 20.8 Å². The fraction of sp³-hybridized carbons (Fsp3) is 0.333. The molecule has 1 nitrogen and oxygen atoms in total. The summed E-state index contributed by atoms with van der Waals surface area (Å²) in [5.41, 5.74) is 3.89.